The largest absolute Gasteiger partial charge is 0.481 e. The van der Waals surface area contributed by atoms with Gasteiger partial charge in [0, 0.05) is 4.88 Å². The fourth-order valence-corrected chi connectivity index (χ4v) is 3.26. The van der Waals surface area contributed by atoms with E-state index in [2.05, 4.69) is 5.32 Å². The second-order valence-corrected chi connectivity index (χ2v) is 5.67. The average Bonchev–Trinajstić information content (AvgIpc) is 3.10. The van der Waals surface area contributed by atoms with Crippen molar-refractivity contribution < 1.29 is 19.4 Å². The molecule has 2 aliphatic heterocycles. The van der Waals surface area contributed by atoms with Gasteiger partial charge in [0.15, 0.2) is 0 Å². The van der Waals surface area contributed by atoms with Crippen molar-refractivity contribution in [2.75, 3.05) is 0 Å². The van der Waals surface area contributed by atoms with Crippen LogP contribution >= 0.6 is 11.3 Å². The molecule has 5 nitrogen and oxygen atoms in total. The van der Waals surface area contributed by atoms with Crippen molar-refractivity contribution in [3.8, 4) is 0 Å². The highest BCUT2D eigenvalue weighted by Gasteiger charge is 2.53. The van der Waals surface area contributed by atoms with E-state index in [4.69, 9.17) is 4.74 Å². The molecule has 6 heteroatoms. The average molecular weight is 279 g/mol. The molecule has 1 amide bonds. The van der Waals surface area contributed by atoms with Crippen LogP contribution in [0.15, 0.2) is 29.7 Å². The summed E-state index contributed by atoms with van der Waals surface area (Å²) in [5.41, 5.74) is 0. The summed E-state index contributed by atoms with van der Waals surface area (Å²) in [6, 6.07) is 3.84. The van der Waals surface area contributed by atoms with Crippen LogP contribution in [0.5, 0.6) is 0 Å². The third kappa shape index (κ3) is 2.17. The topological polar surface area (TPSA) is 75.6 Å². The van der Waals surface area contributed by atoms with E-state index >= 15 is 0 Å². The number of carboxylic acid groups (broad SMARTS) is 1. The molecule has 0 radical (unpaired) electrons. The third-order valence-electron chi connectivity index (χ3n) is 3.50. The SMILES string of the molecule is O=C(NCc1cccs1)[C@@H]1[C@H](C(=O)O)[C@@H]2C=C[C@H]1O2. The number of nitrogens with one attached hydrogen (secondary N) is 1. The Morgan fingerprint density at radius 2 is 2.05 bits per heavy atom. The number of thiophene rings is 1. The molecule has 2 aliphatic rings. The molecule has 2 N–H and O–H groups in total. The van der Waals surface area contributed by atoms with E-state index in [0.717, 1.165) is 4.88 Å². The standard InChI is InChI=1S/C13H13NO4S/c15-12(14-6-7-2-1-5-19-7)10-8-3-4-9(18-8)11(10)13(16)17/h1-5,8-11H,6H2,(H,14,15)(H,16,17)/t8-,9+,10+,11-/m1/s1. The summed E-state index contributed by atoms with van der Waals surface area (Å²) in [6.07, 6.45) is 2.63. The molecule has 19 heavy (non-hydrogen) atoms. The maximum absolute atomic E-state index is 12.2. The van der Waals surface area contributed by atoms with Gasteiger partial charge in [0.05, 0.1) is 24.7 Å². The van der Waals surface area contributed by atoms with Gasteiger partial charge in [-0.05, 0) is 11.4 Å². The molecule has 4 atom stereocenters. The molecule has 0 spiro atoms. The van der Waals surface area contributed by atoms with Gasteiger partial charge < -0.3 is 15.2 Å². The number of rotatable bonds is 4. The predicted octanol–water partition coefficient (Wildman–Crippen LogP) is 1.02. The second kappa shape index (κ2) is 4.79. The molecule has 1 aromatic rings. The molecule has 1 saturated heterocycles. The van der Waals surface area contributed by atoms with Crippen LogP contribution in [0.25, 0.3) is 0 Å². The van der Waals surface area contributed by atoms with Gasteiger partial charge >= 0.3 is 5.97 Å². The minimum absolute atomic E-state index is 0.252. The first-order valence-corrected chi connectivity index (χ1v) is 6.91. The highest BCUT2D eigenvalue weighted by Crippen LogP contribution is 2.39. The fraction of sp³-hybridized carbons (Fsp3) is 0.385. The summed E-state index contributed by atoms with van der Waals surface area (Å²) in [4.78, 5) is 24.5. The number of ether oxygens (including phenoxy) is 1. The molecule has 3 rings (SSSR count). The molecular formula is C13H13NO4S. The van der Waals surface area contributed by atoms with Crippen LogP contribution in [0.3, 0.4) is 0 Å². The fourth-order valence-electron chi connectivity index (χ4n) is 2.62. The molecule has 1 aromatic heterocycles. The van der Waals surface area contributed by atoms with Gasteiger partial charge in [-0.2, -0.15) is 0 Å². The summed E-state index contributed by atoms with van der Waals surface area (Å²) < 4.78 is 5.47. The van der Waals surface area contributed by atoms with Crippen molar-refractivity contribution in [1.29, 1.82) is 0 Å². The Morgan fingerprint density at radius 3 is 2.68 bits per heavy atom. The van der Waals surface area contributed by atoms with Crippen LogP contribution in [0, 0.1) is 11.8 Å². The van der Waals surface area contributed by atoms with Crippen molar-refractivity contribution in [2.24, 2.45) is 11.8 Å². The van der Waals surface area contributed by atoms with Gasteiger partial charge in [-0.3, -0.25) is 9.59 Å². The molecular weight excluding hydrogens is 266 g/mol. The zero-order chi connectivity index (χ0) is 13.4. The number of carbonyl (C=O) groups is 2. The summed E-state index contributed by atoms with van der Waals surface area (Å²) in [7, 11) is 0. The lowest BCUT2D eigenvalue weighted by atomic mass is 9.82. The first kappa shape index (κ1) is 12.4. The number of carboxylic acids is 1. The smallest absolute Gasteiger partial charge is 0.310 e. The van der Waals surface area contributed by atoms with Gasteiger partial charge in [-0.15, -0.1) is 11.3 Å². The van der Waals surface area contributed by atoms with Crippen molar-refractivity contribution in [3.63, 3.8) is 0 Å². The molecule has 0 saturated carbocycles. The van der Waals surface area contributed by atoms with E-state index < -0.39 is 30.0 Å². The summed E-state index contributed by atoms with van der Waals surface area (Å²) in [6.45, 7) is 0.431. The molecule has 0 aliphatic carbocycles. The number of fused-ring (bicyclic) bond motifs is 2. The maximum Gasteiger partial charge on any atom is 0.310 e. The maximum atomic E-state index is 12.2. The molecule has 1 fully saturated rings. The Balaban J connectivity index is 1.68. The van der Waals surface area contributed by atoms with E-state index in [9.17, 15) is 14.7 Å². The van der Waals surface area contributed by atoms with Gasteiger partial charge in [0.2, 0.25) is 5.91 Å². The first-order chi connectivity index (χ1) is 9.16. The van der Waals surface area contributed by atoms with E-state index in [0.29, 0.717) is 6.54 Å². The third-order valence-corrected chi connectivity index (χ3v) is 4.38. The highest BCUT2D eigenvalue weighted by molar-refractivity contribution is 7.09. The van der Waals surface area contributed by atoms with Crippen molar-refractivity contribution >= 4 is 23.2 Å². The predicted molar refractivity (Wildman–Crippen MR) is 68.6 cm³/mol. The summed E-state index contributed by atoms with van der Waals surface area (Å²) in [5.74, 6) is -2.64. The zero-order valence-corrected chi connectivity index (χ0v) is 10.8. The minimum atomic E-state index is -0.979. The Kier molecular flexibility index (Phi) is 3.12. The Morgan fingerprint density at radius 1 is 1.32 bits per heavy atom. The van der Waals surface area contributed by atoms with Crippen LogP contribution < -0.4 is 5.32 Å². The van der Waals surface area contributed by atoms with E-state index in [1.807, 2.05) is 17.5 Å². The minimum Gasteiger partial charge on any atom is -0.481 e. The normalized spacial score (nSPS) is 31.6. The second-order valence-electron chi connectivity index (χ2n) is 4.64. The van der Waals surface area contributed by atoms with Crippen LogP contribution in [-0.4, -0.2) is 29.2 Å². The number of aliphatic carboxylic acids is 1. The molecule has 2 bridgehead atoms. The van der Waals surface area contributed by atoms with Crippen molar-refractivity contribution in [1.82, 2.24) is 5.32 Å². The molecule has 0 aromatic carbocycles. The summed E-state index contributed by atoms with van der Waals surface area (Å²) >= 11 is 1.55. The van der Waals surface area contributed by atoms with Crippen LogP contribution in [0.1, 0.15) is 4.88 Å². The quantitative estimate of drug-likeness (QED) is 0.807. The molecule has 0 unspecified atom stereocenters. The number of carbonyl (C=O) groups excluding carboxylic acids is 1. The lowest BCUT2D eigenvalue weighted by Gasteiger charge is -2.20. The Labute approximate surface area is 113 Å². The van der Waals surface area contributed by atoms with Crippen LogP contribution in [-0.2, 0) is 20.9 Å². The lowest BCUT2D eigenvalue weighted by molar-refractivity contribution is -0.146. The Hall–Kier alpha value is -1.66. The van der Waals surface area contributed by atoms with E-state index in [1.54, 1.807) is 23.5 Å². The molecule has 3 heterocycles. The van der Waals surface area contributed by atoms with Crippen molar-refractivity contribution in [2.45, 2.75) is 18.8 Å². The highest BCUT2D eigenvalue weighted by atomic mass is 32.1. The van der Waals surface area contributed by atoms with Gasteiger partial charge in [-0.25, -0.2) is 0 Å². The zero-order valence-electron chi connectivity index (χ0n) is 9.98. The number of amides is 1. The summed E-state index contributed by atoms with van der Waals surface area (Å²) in [5, 5.41) is 13.9. The van der Waals surface area contributed by atoms with Crippen LogP contribution in [0.2, 0.25) is 0 Å². The first-order valence-electron chi connectivity index (χ1n) is 6.03. The van der Waals surface area contributed by atoms with Crippen molar-refractivity contribution in [3.05, 3.63) is 34.5 Å². The van der Waals surface area contributed by atoms with Gasteiger partial charge in [0.1, 0.15) is 5.92 Å². The number of hydrogen-bond acceptors (Lipinski definition) is 4. The van der Waals surface area contributed by atoms with Gasteiger partial charge in [0.25, 0.3) is 0 Å². The van der Waals surface area contributed by atoms with Crippen LogP contribution in [0.4, 0.5) is 0 Å². The Bertz CT molecular complexity index is 525. The molecule has 100 valence electrons. The monoisotopic (exact) mass is 279 g/mol. The van der Waals surface area contributed by atoms with E-state index in [1.165, 1.54) is 0 Å². The van der Waals surface area contributed by atoms with E-state index in [-0.39, 0.29) is 5.91 Å². The van der Waals surface area contributed by atoms with Gasteiger partial charge in [-0.1, -0.05) is 18.2 Å². The lowest BCUT2D eigenvalue weighted by Crippen LogP contribution is -2.42. The number of hydrogen-bond donors (Lipinski definition) is 2.